The Balaban J connectivity index is 1.33. The predicted octanol–water partition coefficient (Wildman–Crippen LogP) is 3.49. The number of amides is 2. The Hall–Kier alpha value is -4.06. The lowest BCUT2D eigenvalue weighted by Gasteiger charge is -2.19. The van der Waals surface area contributed by atoms with Crippen molar-refractivity contribution in [3.05, 3.63) is 57.8 Å². The summed E-state index contributed by atoms with van der Waals surface area (Å²) in [5.41, 5.74) is 0.608. The maximum absolute atomic E-state index is 12.6. The number of rotatable bonds is 5. The standard InChI is InChI=1S/C22H18N6O5S/c23-20-16(11-15-7-8-17(33-15)13-3-5-14(6-4-13)28(31)32)21(30)24-22-27(20)25-18(34-22)12-19(29)26-9-1-2-10-26/h3-8,11,23H,1-2,9-10,12H2/b16-11-,23-20?. The molecule has 1 aromatic carbocycles. The van der Waals surface area contributed by atoms with Gasteiger partial charge in [-0.25, -0.2) is 0 Å². The van der Waals surface area contributed by atoms with E-state index < -0.39 is 10.8 Å². The van der Waals surface area contributed by atoms with Gasteiger partial charge in [0.2, 0.25) is 11.1 Å². The van der Waals surface area contributed by atoms with E-state index in [1.165, 1.54) is 23.2 Å². The van der Waals surface area contributed by atoms with Gasteiger partial charge in [0.15, 0.2) is 5.84 Å². The van der Waals surface area contributed by atoms with Crippen molar-refractivity contribution in [1.82, 2.24) is 9.91 Å². The molecule has 11 nitrogen and oxygen atoms in total. The van der Waals surface area contributed by atoms with Gasteiger partial charge in [0.25, 0.3) is 11.6 Å². The van der Waals surface area contributed by atoms with Crippen LogP contribution in [0, 0.1) is 15.5 Å². The Bertz CT molecular complexity index is 1300. The zero-order chi connectivity index (χ0) is 23.8. The molecule has 2 amide bonds. The number of furan rings is 1. The number of carbonyl (C=O) groups excluding carboxylic acids is 2. The molecule has 3 aliphatic rings. The minimum atomic E-state index is -0.598. The molecule has 0 spiro atoms. The lowest BCUT2D eigenvalue weighted by Crippen LogP contribution is -2.35. The van der Waals surface area contributed by atoms with Gasteiger partial charge in [0.05, 0.1) is 16.9 Å². The molecule has 34 heavy (non-hydrogen) atoms. The van der Waals surface area contributed by atoms with Gasteiger partial charge in [-0.15, -0.1) is 0 Å². The number of nitrogens with one attached hydrogen (secondary N) is 1. The first kappa shape index (κ1) is 21.8. The minimum Gasteiger partial charge on any atom is -0.457 e. The number of nitro groups is 1. The van der Waals surface area contributed by atoms with Gasteiger partial charge in [-0.3, -0.25) is 25.1 Å². The number of thioether (sulfide) groups is 1. The summed E-state index contributed by atoms with van der Waals surface area (Å²) in [7, 11) is 0. The summed E-state index contributed by atoms with van der Waals surface area (Å²) in [6, 6.07) is 9.19. The van der Waals surface area contributed by atoms with Crippen LogP contribution in [-0.4, -0.2) is 55.8 Å². The van der Waals surface area contributed by atoms with Crippen LogP contribution in [0.3, 0.4) is 0 Å². The highest BCUT2D eigenvalue weighted by Crippen LogP contribution is 2.31. The molecule has 0 atom stereocenters. The van der Waals surface area contributed by atoms with E-state index in [9.17, 15) is 19.7 Å². The Morgan fingerprint density at radius 3 is 2.65 bits per heavy atom. The van der Waals surface area contributed by atoms with Gasteiger partial charge in [0, 0.05) is 30.8 Å². The van der Waals surface area contributed by atoms with Gasteiger partial charge < -0.3 is 9.32 Å². The second kappa shape index (κ2) is 8.71. The SMILES string of the molecule is N=C1/C(=C/c2ccc(-c3ccc([N+](=O)[O-])cc3)o2)C(=O)N=C2SC(CC(=O)N3CCCC3)=NN12. The number of carbonyl (C=O) groups is 2. The Labute approximate surface area is 197 Å². The molecule has 1 saturated heterocycles. The van der Waals surface area contributed by atoms with Crippen LogP contribution in [0.1, 0.15) is 25.0 Å². The van der Waals surface area contributed by atoms with Crippen LogP contribution >= 0.6 is 11.8 Å². The number of amidine groups is 2. The van der Waals surface area contributed by atoms with Crippen LogP contribution in [0.25, 0.3) is 17.4 Å². The lowest BCUT2D eigenvalue weighted by atomic mass is 10.1. The topological polar surface area (TPSA) is 145 Å². The molecule has 1 N–H and O–H groups in total. The average Bonchev–Trinajstić information content (AvgIpc) is 3.58. The molecule has 5 rings (SSSR count). The first-order chi connectivity index (χ1) is 16.4. The summed E-state index contributed by atoms with van der Waals surface area (Å²) in [4.78, 5) is 41.2. The Morgan fingerprint density at radius 1 is 1.21 bits per heavy atom. The summed E-state index contributed by atoms with van der Waals surface area (Å²) in [6.07, 6.45) is 3.51. The molecule has 0 aliphatic carbocycles. The third-order valence-corrected chi connectivity index (χ3v) is 6.44. The fourth-order valence-corrected chi connectivity index (χ4v) is 4.66. The second-order valence-electron chi connectivity index (χ2n) is 7.78. The van der Waals surface area contributed by atoms with Crippen LogP contribution in [0.5, 0.6) is 0 Å². The van der Waals surface area contributed by atoms with Crippen molar-refractivity contribution in [2.45, 2.75) is 19.3 Å². The summed E-state index contributed by atoms with van der Waals surface area (Å²) < 4.78 is 5.76. The fraction of sp³-hybridized carbons (Fsp3) is 0.227. The van der Waals surface area contributed by atoms with E-state index in [2.05, 4.69) is 10.1 Å². The van der Waals surface area contributed by atoms with Crippen molar-refractivity contribution in [3.63, 3.8) is 0 Å². The molecule has 0 saturated carbocycles. The van der Waals surface area contributed by atoms with Crippen LogP contribution in [0.4, 0.5) is 5.69 Å². The van der Waals surface area contributed by atoms with E-state index in [1.807, 2.05) is 0 Å². The minimum absolute atomic E-state index is 0.00446. The molecule has 1 fully saturated rings. The molecule has 0 unspecified atom stereocenters. The van der Waals surface area contributed by atoms with E-state index in [0.29, 0.717) is 22.1 Å². The van der Waals surface area contributed by atoms with E-state index in [-0.39, 0.29) is 34.6 Å². The normalized spacial score (nSPS) is 18.9. The number of aliphatic imine (C=N–C) groups is 1. The van der Waals surface area contributed by atoms with E-state index in [1.54, 1.807) is 29.2 Å². The van der Waals surface area contributed by atoms with Crippen molar-refractivity contribution in [3.8, 4) is 11.3 Å². The molecule has 2 aromatic rings. The first-order valence-electron chi connectivity index (χ1n) is 10.5. The molecule has 1 aromatic heterocycles. The van der Waals surface area contributed by atoms with Crippen molar-refractivity contribution in [2.24, 2.45) is 10.1 Å². The van der Waals surface area contributed by atoms with Crippen molar-refractivity contribution >= 4 is 51.4 Å². The molecule has 172 valence electrons. The van der Waals surface area contributed by atoms with E-state index in [4.69, 9.17) is 9.83 Å². The van der Waals surface area contributed by atoms with Crippen LogP contribution in [-0.2, 0) is 9.59 Å². The molecule has 0 radical (unpaired) electrons. The maximum Gasteiger partial charge on any atom is 0.283 e. The van der Waals surface area contributed by atoms with Gasteiger partial charge in [0.1, 0.15) is 16.6 Å². The van der Waals surface area contributed by atoms with Crippen LogP contribution in [0.15, 0.2) is 56.5 Å². The zero-order valence-electron chi connectivity index (χ0n) is 17.8. The van der Waals surface area contributed by atoms with Crippen LogP contribution in [0.2, 0.25) is 0 Å². The summed E-state index contributed by atoms with van der Waals surface area (Å²) >= 11 is 1.12. The number of fused-ring (bicyclic) bond motifs is 1. The number of nitro benzene ring substituents is 1. The zero-order valence-corrected chi connectivity index (χ0v) is 18.6. The quantitative estimate of drug-likeness (QED) is 0.393. The first-order valence-corrected chi connectivity index (χ1v) is 11.3. The molecule has 4 heterocycles. The highest BCUT2D eigenvalue weighted by Gasteiger charge is 2.36. The summed E-state index contributed by atoms with van der Waals surface area (Å²) in [6.45, 7) is 1.49. The molecule has 12 heteroatoms. The highest BCUT2D eigenvalue weighted by molar-refractivity contribution is 8.27. The monoisotopic (exact) mass is 478 g/mol. The predicted molar refractivity (Wildman–Crippen MR) is 126 cm³/mol. The largest absolute Gasteiger partial charge is 0.457 e. The number of hydrogen-bond acceptors (Lipinski definition) is 8. The van der Waals surface area contributed by atoms with Gasteiger partial charge in [-0.2, -0.15) is 15.1 Å². The number of benzene rings is 1. The van der Waals surface area contributed by atoms with Gasteiger partial charge in [-0.1, -0.05) is 0 Å². The number of hydrogen-bond donors (Lipinski definition) is 1. The second-order valence-corrected chi connectivity index (χ2v) is 8.82. The molecule has 3 aliphatic heterocycles. The molecular weight excluding hydrogens is 460 g/mol. The number of hydrazone groups is 1. The third-order valence-electron chi connectivity index (χ3n) is 5.53. The maximum atomic E-state index is 12.6. The Kier molecular flexibility index (Phi) is 5.57. The van der Waals surface area contributed by atoms with E-state index in [0.717, 1.165) is 37.7 Å². The number of nitrogens with zero attached hydrogens (tertiary/aromatic N) is 5. The van der Waals surface area contributed by atoms with Gasteiger partial charge in [-0.05, 0) is 54.9 Å². The van der Waals surface area contributed by atoms with Gasteiger partial charge >= 0.3 is 0 Å². The van der Waals surface area contributed by atoms with Crippen molar-refractivity contribution in [1.29, 1.82) is 5.41 Å². The number of non-ortho nitro benzene ring substituents is 1. The average molecular weight is 478 g/mol. The van der Waals surface area contributed by atoms with E-state index >= 15 is 0 Å². The third kappa shape index (κ3) is 4.15. The Morgan fingerprint density at radius 2 is 1.94 bits per heavy atom. The fourth-order valence-electron chi connectivity index (χ4n) is 3.79. The lowest BCUT2D eigenvalue weighted by molar-refractivity contribution is -0.384. The molecule has 0 bridgehead atoms. The molecular formula is C22H18N6O5S. The highest BCUT2D eigenvalue weighted by atomic mass is 32.2. The van der Waals surface area contributed by atoms with Crippen molar-refractivity contribution in [2.75, 3.05) is 13.1 Å². The van der Waals surface area contributed by atoms with Crippen LogP contribution < -0.4 is 0 Å². The smallest absolute Gasteiger partial charge is 0.283 e. The summed E-state index contributed by atoms with van der Waals surface area (Å²) in [5.74, 6) is 0.00416. The summed E-state index contributed by atoms with van der Waals surface area (Å²) in [5, 5.41) is 25.6. The number of likely N-dealkylation sites (tertiary alicyclic amines) is 1. The van der Waals surface area contributed by atoms with Crippen molar-refractivity contribution < 1.29 is 18.9 Å².